The summed E-state index contributed by atoms with van der Waals surface area (Å²) in [5.74, 6) is 0.838. The molecule has 0 heterocycles. The third-order valence-corrected chi connectivity index (χ3v) is 3.18. The van der Waals surface area contributed by atoms with Gasteiger partial charge >= 0.3 is 0 Å². The minimum Gasteiger partial charge on any atom is -0.504 e. The lowest BCUT2D eigenvalue weighted by Crippen LogP contribution is -1.99. The summed E-state index contributed by atoms with van der Waals surface area (Å²) in [7, 11) is 0. The molecule has 0 saturated heterocycles. The molecule has 0 saturated carbocycles. The second kappa shape index (κ2) is 5.13. The van der Waals surface area contributed by atoms with E-state index in [1.165, 1.54) is 0 Å². The summed E-state index contributed by atoms with van der Waals surface area (Å²) in [4.78, 5) is 0. The van der Waals surface area contributed by atoms with E-state index in [4.69, 9.17) is 4.74 Å². The third-order valence-electron chi connectivity index (χ3n) is 3.18. The molecule has 2 rings (SSSR count). The Morgan fingerprint density at radius 1 is 1.00 bits per heavy atom. The van der Waals surface area contributed by atoms with E-state index in [0.717, 1.165) is 22.3 Å². The normalized spacial score (nSPS) is 10.4. The molecular weight excluding hydrogens is 224 g/mol. The number of phenolic OH excluding ortho intramolecular Hbond substituents is 1. The third kappa shape index (κ3) is 2.48. The quantitative estimate of drug-likeness (QED) is 0.884. The predicted molar refractivity (Wildman–Crippen MR) is 73.1 cm³/mol. The van der Waals surface area contributed by atoms with Crippen LogP contribution in [-0.4, -0.2) is 5.11 Å². The minimum atomic E-state index is 0.244. The summed E-state index contributed by atoms with van der Waals surface area (Å²) in [5.41, 5.74) is 4.07. The molecule has 0 amide bonds. The number of benzene rings is 2. The van der Waals surface area contributed by atoms with Crippen LogP contribution in [0.15, 0.2) is 36.4 Å². The molecule has 0 aromatic heterocycles. The number of aromatic hydroxyl groups is 1. The average Bonchev–Trinajstić information content (AvgIpc) is 2.38. The van der Waals surface area contributed by atoms with Crippen molar-refractivity contribution >= 4 is 0 Å². The van der Waals surface area contributed by atoms with Crippen LogP contribution in [0, 0.1) is 20.8 Å². The average molecular weight is 242 g/mol. The second-order valence-corrected chi connectivity index (χ2v) is 4.59. The monoisotopic (exact) mass is 242 g/mol. The van der Waals surface area contributed by atoms with Crippen molar-refractivity contribution in [3.8, 4) is 11.5 Å². The first-order valence-corrected chi connectivity index (χ1v) is 6.06. The van der Waals surface area contributed by atoms with Crippen LogP contribution in [0.4, 0.5) is 0 Å². The molecule has 1 N–H and O–H groups in total. The largest absolute Gasteiger partial charge is 0.504 e. The SMILES string of the molecule is Cc1cc(C)c(O)c(OCc2ccccc2)c1C. The molecule has 0 aliphatic carbocycles. The molecule has 2 nitrogen and oxygen atoms in total. The van der Waals surface area contributed by atoms with E-state index in [0.29, 0.717) is 12.4 Å². The molecule has 0 aliphatic heterocycles. The Bertz CT molecular complexity index is 519. The molecular formula is C16H18O2. The molecule has 0 unspecified atom stereocenters. The Balaban J connectivity index is 2.24. The van der Waals surface area contributed by atoms with Gasteiger partial charge in [0, 0.05) is 0 Å². The maximum atomic E-state index is 10.1. The van der Waals surface area contributed by atoms with Crippen LogP contribution in [0.25, 0.3) is 0 Å². The molecule has 2 aromatic rings. The highest BCUT2D eigenvalue weighted by Crippen LogP contribution is 2.35. The van der Waals surface area contributed by atoms with Crippen LogP contribution in [0.2, 0.25) is 0 Å². The Morgan fingerprint density at radius 2 is 1.67 bits per heavy atom. The lowest BCUT2D eigenvalue weighted by molar-refractivity contribution is 0.286. The molecule has 0 spiro atoms. The van der Waals surface area contributed by atoms with Crippen LogP contribution in [0.3, 0.4) is 0 Å². The molecule has 0 aliphatic rings. The Kier molecular flexibility index (Phi) is 3.56. The smallest absolute Gasteiger partial charge is 0.164 e. The van der Waals surface area contributed by atoms with Gasteiger partial charge in [0.05, 0.1) is 0 Å². The molecule has 94 valence electrons. The van der Waals surface area contributed by atoms with E-state index in [-0.39, 0.29) is 5.75 Å². The van der Waals surface area contributed by atoms with E-state index in [1.54, 1.807) is 0 Å². The Hall–Kier alpha value is -1.96. The van der Waals surface area contributed by atoms with Gasteiger partial charge in [0.2, 0.25) is 0 Å². The van der Waals surface area contributed by atoms with Crippen LogP contribution < -0.4 is 4.74 Å². The summed E-state index contributed by atoms with van der Waals surface area (Å²) >= 11 is 0. The first kappa shape index (κ1) is 12.5. The van der Waals surface area contributed by atoms with Gasteiger partial charge in [0.15, 0.2) is 11.5 Å². The number of aryl methyl sites for hydroxylation is 2. The van der Waals surface area contributed by atoms with Crippen molar-refractivity contribution in [2.45, 2.75) is 27.4 Å². The number of phenols is 1. The highest BCUT2D eigenvalue weighted by Gasteiger charge is 2.12. The van der Waals surface area contributed by atoms with Gasteiger partial charge in [-0.15, -0.1) is 0 Å². The van der Waals surface area contributed by atoms with Crippen LogP contribution in [0.5, 0.6) is 11.5 Å². The maximum Gasteiger partial charge on any atom is 0.164 e. The summed E-state index contributed by atoms with van der Waals surface area (Å²) in [6, 6.07) is 11.9. The molecule has 0 fully saturated rings. The molecule has 0 radical (unpaired) electrons. The van der Waals surface area contributed by atoms with E-state index in [1.807, 2.05) is 57.2 Å². The van der Waals surface area contributed by atoms with Crippen molar-refractivity contribution in [2.24, 2.45) is 0 Å². The zero-order valence-electron chi connectivity index (χ0n) is 11.0. The van der Waals surface area contributed by atoms with Crippen molar-refractivity contribution < 1.29 is 9.84 Å². The maximum absolute atomic E-state index is 10.1. The lowest BCUT2D eigenvalue weighted by Gasteiger charge is -2.14. The zero-order chi connectivity index (χ0) is 13.1. The fourth-order valence-electron chi connectivity index (χ4n) is 1.94. The first-order valence-electron chi connectivity index (χ1n) is 6.06. The van der Waals surface area contributed by atoms with E-state index >= 15 is 0 Å². The van der Waals surface area contributed by atoms with Gasteiger partial charge in [-0.2, -0.15) is 0 Å². The van der Waals surface area contributed by atoms with Crippen molar-refractivity contribution in [2.75, 3.05) is 0 Å². The fraction of sp³-hybridized carbons (Fsp3) is 0.250. The van der Waals surface area contributed by atoms with Gasteiger partial charge in [-0.3, -0.25) is 0 Å². The number of rotatable bonds is 3. The standard InChI is InChI=1S/C16H18O2/c1-11-9-12(2)15(17)16(13(11)3)18-10-14-7-5-4-6-8-14/h4-9,17H,10H2,1-3H3. The number of hydrogen-bond acceptors (Lipinski definition) is 2. The Labute approximate surface area is 108 Å². The van der Waals surface area contributed by atoms with Crippen LogP contribution in [-0.2, 0) is 6.61 Å². The van der Waals surface area contributed by atoms with E-state index < -0.39 is 0 Å². The van der Waals surface area contributed by atoms with Crippen molar-refractivity contribution in [1.82, 2.24) is 0 Å². The summed E-state index contributed by atoms with van der Waals surface area (Å²) in [5, 5.41) is 10.1. The van der Waals surface area contributed by atoms with Crippen LogP contribution >= 0.6 is 0 Å². The summed E-state index contributed by atoms with van der Waals surface area (Å²) < 4.78 is 5.77. The van der Waals surface area contributed by atoms with Crippen molar-refractivity contribution in [1.29, 1.82) is 0 Å². The molecule has 18 heavy (non-hydrogen) atoms. The van der Waals surface area contributed by atoms with Gasteiger partial charge in [-0.1, -0.05) is 36.4 Å². The molecule has 2 heteroatoms. The molecule has 2 aromatic carbocycles. The van der Waals surface area contributed by atoms with Crippen molar-refractivity contribution in [3.63, 3.8) is 0 Å². The van der Waals surface area contributed by atoms with Gasteiger partial charge in [0.1, 0.15) is 6.61 Å². The summed E-state index contributed by atoms with van der Waals surface area (Å²) in [6.07, 6.45) is 0. The van der Waals surface area contributed by atoms with Crippen LogP contribution in [0.1, 0.15) is 22.3 Å². The molecule has 0 bridgehead atoms. The van der Waals surface area contributed by atoms with E-state index in [2.05, 4.69) is 0 Å². The molecule has 0 atom stereocenters. The summed E-state index contributed by atoms with van der Waals surface area (Å²) in [6.45, 7) is 6.35. The Morgan fingerprint density at radius 3 is 2.33 bits per heavy atom. The van der Waals surface area contributed by atoms with Crippen molar-refractivity contribution in [3.05, 3.63) is 58.7 Å². The fourth-order valence-corrected chi connectivity index (χ4v) is 1.94. The lowest BCUT2D eigenvalue weighted by atomic mass is 10.0. The first-order chi connectivity index (χ1) is 8.59. The second-order valence-electron chi connectivity index (χ2n) is 4.59. The van der Waals surface area contributed by atoms with Gasteiger partial charge in [-0.25, -0.2) is 0 Å². The minimum absolute atomic E-state index is 0.244. The van der Waals surface area contributed by atoms with E-state index in [9.17, 15) is 5.11 Å². The zero-order valence-corrected chi connectivity index (χ0v) is 11.0. The van der Waals surface area contributed by atoms with Gasteiger partial charge < -0.3 is 9.84 Å². The topological polar surface area (TPSA) is 29.5 Å². The number of ether oxygens (including phenoxy) is 1. The predicted octanol–water partition coefficient (Wildman–Crippen LogP) is 3.90. The highest BCUT2D eigenvalue weighted by atomic mass is 16.5. The van der Waals surface area contributed by atoms with Gasteiger partial charge in [-0.05, 0) is 43.0 Å². The highest BCUT2D eigenvalue weighted by molar-refractivity contribution is 5.53. The van der Waals surface area contributed by atoms with Gasteiger partial charge in [0.25, 0.3) is 0 Å². The number of hydrogen-bond donors (Lipinski definition) is 1.